The predicted molar refractivity (Wildman–Crippen MR) is 94.7 cm³/mol. The maximum absolute atomic E-state index is 12.4. The van der Waals surface area contributed by atoms with Gasteiger partial charge in [-0.2, -0.15) is 5.26 Å². The molecule has 0 saturated carbocycles. The van der Waals surface area contributed by atoms with E-state index in [0.29, 0.717) is 17.0 Å². The zero-order chi connectivity index (χ0) is 17.7. The zero-order valence-corrected chi connectivity index (χ0v) is 14.6. The third-order valence-corrected chi connectivity index (χ3v) is 4.19. The van der Waals surface area contributed by atoms with Crippen molar-refractivity contribution in [1.82, 2.24) is 10.3 Å². The predicted octanol–water partition coefficient (Wildman–Crippen LogP) is 3.75. The quantitative estimate of drug-likeness (QED) is 0.912. The Morgan fingerprint density at radius 3 is 2.50 bits per heavy atom. The average molecular weight is 321 g/mol. The van der Waals surface area contributed by atoms with Crippen LogP contribution >= 0.6 is 0 Å². The van der Waals surface area contributed by atoms with E-state index in [1.807, 2.05) is 25.1 Å². The lowest BCUT2D eigenvalue weighted by Crippen LogP contribution is -2.37. The van der Waals surface area contributed by atoms with Gasteiger partial charge in [0.25, 0.3) is 5.91 Å². The Kier molecular flexibility index (Phi) is 5.35. The van der Waals surface area contributed by atoms with Gasteiger partial charge < -0.3 is 5.32 Å². The van der Waals surface area contributed by atoms with Gasteiger partial charge >= 0.3 is 0 Å². The van der Waals surface area contributed by atoms with Crippen molar-refractivity contribution in [2.24, 2.45) is 0 Å². The van der Waals surface area contributed by atoms with Crippen LogP contribution in [-0.4, -0.2) is 16.9 Å². The SMILES string of the molecule is Cc1nc(C(=O)NC(C)CC(C)(C)c2ccccc2)ccc1C#N. The minimum Gasteiger partial charge on any atom is -0.348 e. The van der Waals surface area contributed by atoms with E-state index in [1.54, 1.807) is 19.1 Å². The molecule has 0 bridgehead atoms. The number of aryl methyl sites for hydroxylation is 1. The number of benzene rings is 1. The van der Waals surface area contributed by atoms with E-state index in [-0.39, 0.29) is 17.4 Å². The molecule has 0 spiro atoms. The number of aromatic nitrogens is 1. The summed E-state index contributed by atoms with van der Waals surface area (Å²) in [6.07, 6.45) is 0.817. The van der Waals surface area contributed by atoms with Crippen LogP contribution in [0.1, 0.15) is 54.5 Å². The van der Waals surface area contributed by atoms with Gasteiger partial charge in [-0.25, -0.2) is 4.98 Å². The molecule has 1 amide bonds. The first-order valence-corrected chi connectivity index (χ1v) is 8.07. The summed E-state index contributed by atoms with van der Waals surface area (Å²) in [5.41, 5.74) is 2.61. The van der Waals surface area contributed by atoms with Gasteiger partial charge in [0, 0.05) is 6.04 Å². The number of amides is 1. The largest absolute Gasteiger partial charge is 0.348 e. The number of hydrogen-bond acceptors (Lipinski definition) is 3. The summed E-state index contributed by atoms with van der Waals surface area (Å²) >= 11 is 0. The Labute approximate surface area is 143 Å². The van der Waals surface area contributed by atoms with Crippen molar-refractivity contribution in [3.63, 3.8) is 0 Å². The normalized spacial score (nSPS) is 12.3. The van der Waals surface area contributed by atoms with E-state index < -0.39 is 0 Å². The molecule has 1 N–H and O–H groups in total. The van der Waals surface area contributed by atoms with Crippen LogP contribution < -0.4 is 5.32 Å². The molecule has 0 saturated heterocycles. The van der Waals surface area contributed by atoms with Crippen molar-refractivity contribution in [2.45, 2.75) is 45.6 Å². The number of nitrogens with zero attached hydrogens (tertiary/aromatic N) is 2. The van der Waals surface area contributed by atoms with E-state index in [0.717, 1.165) is 6.42 Å². The summed E-state index contributed by atoms with van der Waals surface area (Å²) in [6.45, 7) is 8.08. The van der Waals surface area contributed by atoms with Gasteiger partial charge in [-0.15, -0.1) is 0 Å². The molecule has 4 nitrogen and oxygen atoms in total. The van der Waals surface area contributed by atoms with Gasteiger partial charge in [0.05, 0.1) is 11.3 Å². The molecule has 1 unspecified atom stereocenters. The molecule has 24 heavy (non-hydrogen) atoms. The smallest absolute Gasteiger partial charge is 0.270 e. The third-order valence-electron chi connectivity index (χ3n) is 4.19. The number of nitrogens with one attached hydrogen (secondary N) is 1. The monoisotopic (exact) mass is 321 g/mol. The van der Waals surface area contributed by atoms with Crippen LogP contribution in [-0.2, 0) is 5.41 Å². The fourth-order valence-corrected chi connectivity index (χ4v) is 2.93. The molecule has 0 radical (unpaired) electrons. The number of hydrogen-bond donors (Lipinski definition) is 1. The fraction of sp³-hybridized carbons (Fsp3) is 0.350. The number of carbonyl (C=O) groups is 1. The minimum absolute atomic E-state index is 0.00505. The summed E-state index contributed by atoms with van der Waals surface area (Å²) in [5.74, 6) is -0.209. The second-order valence-corrected chi connectivity index (χ2v) is 6.77. The zero-order valence-electron chi connectivity index (χ0n) is 14.6. The molecule has 1 heterocycles. The highest BCUT2D eigenvalue weighted by molar-refractivity contribution is 5.92. The Morgan fingerprint density at radius 1 is 1.25 bits per heavy atom. The third kappa shape index (κ3) is 4.20. The van der Waals surface area contributed by atoms with Crippen LogP contribution in [0, 0.1) is 18.3 Å². The van der Waals surface area contributed by atoms with Crippen LogP contribution in [0.4, 0.5) is 0 Å². The maximum Gasteiger partial charge on any atom is 0.270 e. The molecule has 4 heteroatoms. The van der Waals surface area contributed by atoms with Gasteiger partial charge in [0.2, 0.25) is 0 Å². The highest BCUT2D eigenvalue weighted by Crippen LogP contribution is 2.28. The Morgan fingerprint density at radius 2 is 1.92 bits per heavy atom. The molecule has 1 atom stereocenters. The van der Waals surface area contributed by atoms with Crippen LogP contribution in [0.2, 0.25) is 0 Å². The molecule has 124 valence electrons. The van der Waals surface area contributed by atoms with Crippen molar-refractivity contribution < 1.29 is 4.79 Å². The Hall–Kier alpha value is -2.67. The average Bonchev–Trinajstić information content (AvgIpc) is 2.55. The van der Waals surface area contributed by atoms with Crippen molar-refractivity contribution in [3.05, 3.63) is 65.0 Å². The first-order valence-electron chi connectivity index (χ1n) is 8.07. The fourth-order valence-electron chi connectivity index (χ4n) is 2.93. The molecule has 1 aromatic carbocycles. The first kappa shape index (κ1) is 17.7. The van der Waals surface area contributed by atoms with E-state index >= 15 is 0 Å². The first-order chi connectivity index (χ1) is 11.3. The van der Waals surface area contributed by atoms with Gasteiger partial charge in [-0.05, 0) is 43.4 Å². The highest BCUT2D eigenvalue weighted by Gasteiger charge is 2.24. The van der Waals surface area contributed by atoms with Gasteiger partial charge in [-0.1, -0.05) is 44.2 Å². The molecule has 1 aromatic heterocycles. The van der Waals surface area contributed by atoms with Crippen molar-refractivity contribution in [3.8, 4) is 6.07 Å². The molecule has 2 rings (SSSR count). The maximum atomic E-state index is 12.4. The van der Waals surface area contributed by atoms with E-state index in [9.17, 15) is 4.79 Å². The molecule has 2 aromatic rings. The summed E-state index contributed by atoms with van der Waals surface area (Å²) < 4.78 is 0. The van der Waals surface area contributed by atoms with Crippen molar-refractivity contribution in [2.75, 3.05) is 0 Å². The van der Waals surface area contributed by atoms with Gasteiger partial charge in [0.1, 0.15) is 11.8 Å². The summed E-state index contributed by atoms with van der Waals surface area (Å²) in [4.78, 5) is 16.6. The van der Waals surface area contributed by atoms with E-state index in [4.69, 9.17) is 5.26 Å². The number of rotatable bonds is 5. The molecule has 0 aliphatic carbocycles. The topological polar surface area (TPSA) is 65.8 Å². The molecule has 0 fully saturated rings. The van der Waals surface area contributed by atoms with E-state index in [1.165, 1.54) is 5.56 Å². The number of carbonyl (C=O) groups excluding carboxylic acids is 1. The second kappa shape index (κ2) is 7.27. The molecular weight excluding hydrogens is 298 g/mol. The van der Waals surface area contributed by atoms with Gasteiger partial charge in [0.15, 0.2) is 0 Å². The lowest BCUT2D eigenvalue weighted by Gasteiger charge is -2.29. The Balaban J connectivity index is 2.04. The summed E-state index contributed by atoms with van der Waals surface area (Å²) in [5, 5.41) is 11.9. The standard InChI is InChI=1S/C20H23N3O/c1-14(12-20(3,4)17-8-6-5-7-9-17)22-19(24)18-11-10-16(13-21)15(2)23-18/h5-11,14H,12H2,1-4H3,(H,22,24). The van der Waals surface area contributed by atoms with E-state index in [2.05, 4.69) is 42.4 Å². The van der Waals surface area contributed by atoms with Crippen molar-refractivity contribution in [1.29, 1.82) is 5.26 Å². The highest BCUT2D eigenvalue weighted by atomic mass is 16.1. The molecule has 0 aliphatic heterocycles. The van der Waals surface area contributed by atoms with Crippen LogP contribution in [0.25, 0.3) is 0 Å². The van der Waals surface area contributed by atoms with Crippen LogP contribution in [0.5, 0.6) is 0 Å². The van der Waals surface area contributed by atoms with Gasteiger partial charge in [-0.3, -0.25) is 4.79 Å². The number of nitriles is 1. The molecular formula is C20H23N3O. The number of pyridine rings is 1. The molecule has 0 aliphatic rings. The minimum atomic E-state index is -0.209. The summed E-state index contributed by atoms with van der Waals surface area (Å²) in [7, 11) is 0. The Bertz CT molecular complexity index is 760. The van der Waals surface area contributed by atoms with Crippen LogP contribution in [0.3, 0.4) is 0 Å². The lowest BCUT2D eigenvalue weighted by molar-refractivity contribution is 0.0929. The summed E-state index contributed by atoms with van der Waals surface area (Å²) in [6, 6.07) is 15.6. The second-order valence-electron chi connectivity index (χ2n) is 6.77. The lowest BCUT2D eigenvalue weighted by atomic mass is 9.79. The van der Waals surface area contributed by atoms with Crippen LogP contribution in [0.15, 0.2) is 42.5 Å². The van der Waals surface area contributed by atoms with Crippen molar-refractivity contribution >= 4 is 5.91 Å².